The van der Waals surface area contributed by atoms with E-state index in [0.29, 0.717) is 11.3 Å². The number of nitrogens with zero attached hydrogens (tertiary/aromatic N) is 1. The number of phenols is 1. The van der Waals surface area contributed by atoms with Crippen molar-refractivity contribution in [3.63, 3.8) is 0 Å². The number of carbonyl (C=O) groups is 10. The molecule has 0 aliphatic carbocycles. The summed E-state index contributed by atoms with van der Waals surface area (Å²) < 4.78 is 0. The summed E-state index contributed by atoms with van der Waals surface area (Å²) in [6.45, 7) is 7.10. The topological polar surface area (TPSA) is 449 Å². The summed E-state index contributed by atoms with van der Waals surface area (Å²) in [5.41, 5.74) is 12.5. The van der Waals surface area contributed by atoms with Crippen LogP contribution >= 0.6 is 0 Å². The summed E-state index contributed by atoms with van der Waals surface area (Å²) in [5.74, 6) is -10.8. The number of rotatable bonds is 31. The van der Waals surface area contributed by atoms with E-state index in [1.807, 2.05) is 0 Å². The van der Waals surface area contributed by atoms with Crippen molar-refractivity contribution >= 4 is 59.1 Å². The third kappa shape index (κ3) is 21.0. The first-order valence-electron chi connectivity index (χ1n) is 23.1. The number of carbonyl (C=O) groups excluding carboxylic acids is 9. The number of hydrogen-bond acceptors (Lipinski definition) is 16. The average Bonchev–Trinajstić information content (AvgIpc) is 3.82. The highest BCUT2D eigenvalue weighted by molar-refractivity contribution is 5.98. The predicted molar refractivity (Wildman–Crippen MR) is 254 cm³/mol. The van der Waals surface area contributed by atoms with E-state index in [4.69, 9.17) is 11.5 Å². The fourth-order valence-electron chi connectivity index (χ4n) is 6.83. The molecule has 27 nitrogen and oxygen atoms in total. The summed E-state index contributed by atoms with van der Waals surface area (Å²) in [5, 5.41) is 68.7. The Morgan fingerprint density at radius 3 is 1.57 bits per heavy atom. The van der Waals surface area contributed by atoms with Gasteiger partial charge in [-0.2, -0.15) is 0 Å². The molecule has 72 heavy (non-hydrogen) atoms. The van der Waals surface area contributed by atoms with Gasteiger partial charge >= 0.3 is 5.97 Å². The number of nitrogens with two attached hydrogens (primary N) is 2. The molecule has 10 atom stereocenters. The quantitative estimate of drug-likeness (QED) is 0.0336. The zero-order chi connectivity index (χ0) is 54.4. The molecule has 0 radical (unpaired) electrons. The van der Waals surface area contributed by atoms with E-state index in [0.717, 1.165) is 6.92 Å². The number of aliphatic hydroxyl groups is 3. The molecule has 1 aromatic carbocycles. The van der Waals surface area contributed by atoms with Crippen LogP contribution in [0.4, 0.5) is 0 Å². The van der Waals surface area contributed by atoms with Crippen LogP contribution in [0.1, 0.15) is 78.5 Å². The average molecular weight is 1020 g/mol. The molecule has 1 aromatic heterocycles. The highest BCUT2D eigenvalue weighted by Crippen LogP contribution is 2.14. The molecule has 9 amide bonds. The Bertz CT molecular complexity index is 2160. The minimum absolute atomic E-state index is 0.0250. The van der Waals surface area contributed by atoms with Crippen LogP contribution in [0.25, 0.3) is 0 Å². The van der Waals surface area contributed by atoms with Crippen molar-refractivity contribution in [1.29, 1.82) is 0 Å². The van der Waals surface area contributed by atoms with Crippen molar-refractivity contribution in [2.75, 3.05) is 13.2 Å². The van der Waals surface area contributed by atoms with Gasteiger partial charge in [0.1, 0.15) is 54.1 Å². The number of H-pyrrole nitrogens is 1. The van der Waals surface area contributed by atoms with Gasteiger partial charge in [0.2, 0.25) is 53.2 Å². The Labute approximate surface area is 415 Å². The Hall–Kier alpha value is -7.23. The van der Waals surface area contributed by atoms with Gasteiger partial charge in [-0.15, -0.1) is 0 Å². The first-order valence-corrected chi connectivity index (χ1v) is 23.1. The lowest BCUT2D eigenvalue weighted by Crippen LogP contribution is -2.62. The van der Waals surface area contributed by atoms with Crippen LogP contribution in [0.3, 0.4) is 0 Å². The summed E-state index contributed by atoms with van der Waals surface area (Å²) in [6, 6.07) is -7.91. The lowest BCUT2D eigenvalue weighted by atomic mass is 10.00. The van der Waals surface area contributed by atoms with Crippen molar-refractivity contribution in [2.45, 2.75) is 141 Å². The zero-order valence-corrected chi connectivity index (χ0v) is 41.0. The molecule has 27 heteroatoms. The Morgan fingerprint density at radius 2 is 1.07 bits per heavy atom. The number of amides is 9. The molecular weight excluding hydrogens is 949 g/mol. The zero-order valence-electron chi connectivity index (χ0n) is 41.0. The number of aromatic nitrogens is 2. The van der Waals surface area contributed by atoms with Gasteiger partial charge < -0.3 is 84.5 Å². The van der Waals surface area contributed by atoms with Crippen molar-refractivity contribution < 1.29 is 73.5 Å². The third-order valence-corrected chi connectivity index (χ3v) is 10.8. The van der Waals surface area contributed by atoms with E-state index in [2.05, 4.69) is 52.5 Å². The number of phenolic OH excluding ortho intramolecular Hbond substituents is 1. The second kappa shape index (κ2) is 29.8. The van der Waals surface area contributed by atoms with Gasteiger partial charge in [-0.3, -0.25) is 43.2 Å². The van der Waals surface area contributed by atoms with E-state index in [1.165, 1.54) is 43.7 Å². The van der Waals surface area contributed by atoms with Crippen molar-refractivity contribution in [3.8, 4) is 5.75 Å². The molecule has 10 unspecified atom stereocenters. The van der Waals surface area contributed by atoms with Gasteiger partial charge in [-0.25, -0.2) is 9.78 Å². The lowest BCUT2D eigenvalue weighted by Gasteiger charge is -2.28. The second-order valence-corrected chi connectivity index (χ2v) is 18.0. The fourth-order valence-corrected chi connectivity index (χ4v) is 6.83. The van der Waals surface area contributed by atoms with Crippen molar-refractivity contribution in [3.05, 3.63) is 48.0 Å². The maximum atomic E-state index is 13.9. The largest absolute Gasteiger partial charge is 0.508 e. The molecule has 2 rings (SSSR count). The Morgan fingerprint density at radius 1 is 0.597 bits per heavy atom. The van der Waals surface area contributed by atoms with E-state index in [9.17, 15) is 73.5 Å². The van der Waals surface area contributed by atoms with Gasteiger partial charge in [0.15, 0.2) is 0 Å². The number of aliphatic hydroxyl groups excluding tert-OH is 3. The monoisotopic (exact) mass is 1020 g/mol. The van der Waals surface area contributed by atoms with Crippen LogP contribution in [0.15, 0.2) is 36.8 Å². The molecule has 1 heterocycles. The van der Waals surface area contributed by atoms with Crippen LogP contribution in [-0.2, 0) is 60.8 Å². The number of hydrogen-bond donors (Lipinski definition) is 16. The van der Waals surface area contributed by atoms with E-state index in [-0.39, 0.29) is 43.3 Å². The summed E-state index contributed by atoms with van der Waals surface area (Å²) in [7, 11) is 0. The van der Waals surface area contributed by atoms with Crippen molar-refractivity contribution in [2.24, 2.45) is 23.3 Å². The standard InChI is InChI=1S/C45H70N12O15/c1-21(2)13-30(53-41(67)31(15-25-7-9-27(61)10-8-25)52-38(64)28(46)16-26-17-48-20-49-26)40(66)56-34(19-59)43(69)57-36(24(6)60)44(70)51-29(11-12-35(47)62)39(65)55-33(18-58)42(68)50-23(5)37(63)54-32(45(71)72)14-22(3)4/h7-10,17,20-24,28-34,36,58-61H,11-16,18-19,46H2,1-6H3,(H2,47,62)(H,48,49)(H,50,68)(H,51,70)(H,52,64)(H,53,67)(H,54,63)(H,55,65)(H,56,66)(H,57,69)(H,71,72). The van der Waals surface area contributed by atoms with E-state index < -0.39 is 146 Å². The number of aromatic hydroxyl groups is 1. The van der Waals surface area contributed by atoms with Gasteiger partial charge in [0, 0.05) is 31.2 Å². The first-order chi connectivity index (χ1) is 33.8. The lowest BCUT2D eigenvalue weighted by molar-refractivity contribution is -0.142. The molecule has 400 valence electrons. The van der Waals surface area contributed by atoms with E-state index >= 15 is 0 Å². The molecule has 0 fully saturated rings. The minimum Gasteiger partial charge on any atom is -0.508 e. The smallest absolute Gasteiger partial charge is 0.326 e. The number of nitrogens with one attached hydrogen (secondary N) is 9. The highest BCUT2D eigenvalue weighted by atomic mass is 16.4. The third-order valence-electron chi connectivity index (χ3n) is 10.8. The van der Waals surface area contributed by atoms with Crippen LogP contribution < -0.4 is 54.0 Å². The summed E-state index contributed by atoms with van der Waals surface area (Å²) >= 11 is 0. The normalized spacial score (nSPS) is 15.4. The highest BCUT2D eigenvalue weighted by Gasteiger charge is 2.36. The first kappa shape index (κ1) is 60.9. The molecule has 2 aromatic rings. The number of primary amides is 1. The maximum absolute atomic E-state index is 13.9. The van der Waals surface area contributed by atoms with E-state index in [1.54, 1.807) is 27.7 Å². The van der Waals surface area contributed by atoms with Crippen LogP contribution in [-0.4, -0.2) is 168 Å². The molecule has 0 saturated carbocycles. The molecule has 0 aliphatic heterocycles. The number of benzene rings is 1. The Kier molecular flexibility index (Phi) is 25.2. The number of carboxylic acid groups (broad SMARTS) is 1. The molecule has 0 spiro atoms. The molecule has 0 aliphatic rings. The van der Waals surface area contributed by atoms with Gasteiger partial charge in [0.05, 0.1) is 31.7 Å². The number of carboxylic acids is 1. The van der Waals surface area contributed by atoms with Gasteiger partial charge in [-0.1, -0.05) is 39.8 Å². The van der Waals surface area contributed by atoms with Crippen LogP contribution in [0.5, 0.6) is 5.75 Å². The summed E-state index contributed by atoms with van der Waals surface area (Å²) in [4.78, 5) is 138. The minimum atomic E-state index is -1.91. The van der Waals surface area contributed by atoms with Crippen molar-refractivity contribution in [1.82, 2.24) is 52.5 Å². The molecular formula is C45H70N12O15. The molecule has 0 bridgehead atoms. The molecule has 0 saturated heterocycles. The van der Waals surface area contributed by atoms with Crippen LogP contribution in [0, 0.1) is 11.8 Å². The number of aromatic amines is 1. The SMILES string of the molecule is CC(C)CC(NC(=O)C(C)NC(=O)C(CO)NC(=O)C(CCC(N)=O)NC(=O)C(NC(=O)C(CO)NC(=O)C(CC(C)C)NC(=O)C(Cc1ccc(O)cc1)NC(=O)C(N)Cc1cnc[nH]1)C(C)O)C(=O)O. The maximum Gasteiger partial charge on any atom is 0.326 e. The molecule has 18 N–H and O–H groups in total. The summed E-state index contributed by atoms with van der Waals surface area (Å²) in [6.07, 6.45) is 0.0983. The van der Waals surface area contributed by atoms with Crippen LogP contribution in [0.2, 0.25) is 0 Å². The predicted octanol–water partition coefficient (Wildman–Crippen LogP) is -5.07. The number of imidazole rings is 1. The fraction of sp³-hybridized carbons (Fsp3) is 0.578. The van der Waals surface area contributed by atoms with Gasteiger partial charge in [0.25, 0.3) is 0 Å². The Balaban J connectivity index is 2.25. The number of aliphatic carboxylic acids is 1. The second-order valence-electron chi connectivity index (χ2n) is 18.0. The van der Waals surface area contributed by atoms with Gasteiger partial charge in [-0.05, 0) is 62.6 Å².